The molecule has 0 saturated heterocycles. The van der Waals surface area contributed by atoms with Gasteiger partial charge in [0.05, 0.1) is 16.7 Å². The Kier molecular flexibility index (Phi) is 9.31. The second-order valence-corrected chi connectivity index (χ2v) is 8.26. The van der Waals surface area contributed by atoms with Crippen molar-refractivity contribution in [2.45, 2.75) is 44.2 Å². The Bertz CT molecular complexity index is 835. The molecule has 2 N–H and O–H groups in total. The Labute approximate surface area is 178 Å². The van der Waals surface area contributed by atoms with E-state index < -0.39 is 9.84 Å². The van der Waals surface area contributed by atoms with Crippen LogP contribution in [0.3, 0.4) is 0 Å². The number of hydrogen-bond donors (Lipinski definition) is 2. The summed E-state index contributed by atoms with van der Waals surface area (Å²) in [5, 5.41) is 6.44. The number of guanidine groups is 1. The fraction of sp³-hybridized carbons (Fsp3) is 0.421. The van der Waals surface area contributed by atoms with Crippen molar-refractivity contribution < 1.29 is 12.8 Å². The van der Waals surface area contributed by atoms with Gasteiger partial charge in [-0.05, 0) is 44.5 Å². The second kappa shape index (κ2) is 10.7. The van der Waals surface area contributed by atoms with Gasteiger partial charge in [-0.1, -0.05) is 25.1 Å². The van der Waals surface area contributed by atoms with Crippen LogP contribution in [0, 0.1) is 6.92 Å². The fourth-order valence-corrected chi connectivity index (χ4v) is 4.19. The minimum absolute atomic E-state index is 0. The maximum atomic E-state index is 12.6. The maximum Gasteiger partial charge on any atom is 0.191 e. The van der Waals surface area contributed by atoms with Crippen LogP contribution in [0.4, 0.5) is 0 Å². The smallest absolute Gasteiger partial charge is 0.191 e. The third kappa shape index (κ3) is 6.84. The molecule has 1 heterocycles. The van der Waals surface area contributed by atoms with Crippen molar-refractivity contribution in [1.29, 1.82) is 0 Å². The van der Waals surface area contributed by atoms with Crippen molar-refractivity contribution in [3.05, 3.63) is 54.0 Å². The molecule has 0 saturated carbocycles. The minimum Gasteiger partial charge on any atom is -0.464 e. The molecule has 0 bridgehead atoms. The number of furan rings is 1. The van der Waals surface area contributed by atoms with Crippen LogP contribution >= 0.6 is 24.0 Å². The van der Waals surface area contributed by atoms with Gasteiger partial charge in [-0.15, -0.1) is 24.0 Å². The number of sulfone groups is 1. The van der Waals surface area contributed by atoms with Crippen LogP contribution in [-0.4, -0.2) is 33.2 Å². The first kappa shape index (κ1) is 23.5. The molecule has 1 aromatic carbocycles. The van der Waals surface area contributed by atoms with Gasteiger partial charge >= 0.3 is 0 Å². The average Bonchev–Trinajstić information content (AvgIpc) is 3.07. The van der Waals surface area contributed by atoms with Crippen molar-refractivity contribution in [2.75, 3.05) is 12.8 Å². The molecule has 0 amide bonds. The van der Waals surface area contributed by atoms with E-state index in [0.29, 0.717) is 17.3 Å². The molecule has 2 rings (SSSR count). The fourth-order valence-electron chi connectivity index (χ4n) is 2.58. The van der Waals surface area contributed by atoms with Crippen molar-refractivity contribution >= 4 is 39.8 Å². The van der Waals surface area contributed by atoms with Crippen LogP contribution in [0.5, 0.6) is 0 Å². The number of halogens is 1. The molecular formula is C19H28IN3O3S. The van der Waals surface area contributed by atoms with Crippen LogP contribution in [0.15, 0.2) is 56.8 Å². The molecule has 8 heteroatoms. The Morgan fingerprint density at radius 2 is 1.81 bits per heavy atom. The molecule has 6 nitrogen and oxygen atoms in total. The van der Waals surface area contributed by atoms with Gasteiger partial charge in [0.1, 0.15) is 11.5 Å². The van der Waals surface area contributed by atoms with Gasteiger partial charge in [-0.2, -0.15) is 0 Å². The topological polar surface area (TPSA) is 83.7 Å². The van der Waals surface area contributed by atoms with E-state index in [1.54, 1.807) is 37.4 Å². The van der Waals surface area contributed by atoms with Crippen LogP contribution in [0.25, 0.3) is 0 Å². The third-order valence-corrected chi connectivity index (χ3v) is 5.95. The highest BCUT2D eigenvalue weighted by molar-refractivity contribution is 14.0. The number of benzene rings is 1. The normalized spacial score (nSPS) is 14.1. The lowest BCUT2D eigenvalue weighted by Crippen LogP contribution is -2.46. The molecule has 1 aromatic heterocycles. The van der Waals surface area contributed by atoms with E-state index in [9.17, 15) is 8.42 Å². The first-order valence-electron chi connectivity index (χ1n) is 8.69. The Hall–Kier alpha value is -1.55. The number of aliphatic imine (C=N–C) groups is 1. The molecular weight excluding hydrogens is 477 g/mol. The molecule has 0 aliphatic rings. The monoisotopic (exact) mass is 505 g/mol. The summed E-state index contributed by atoms with van der Waals surface area (Å²) < 4.78 is 30.8. The van der Waals surface area contributed by atoms with Gasteiger partial charge in [-0.3, -0.25) is 4.99 Å². The quantitative estimate of drug-likeness (QED) is 0.341. The highest BCUT2D eigenvalue weighted by Gasteiger charge is 2.21. The number of rotatable bonds is 7. The zero-order chi connectivity index (χ0) is 19.2. The molecule has 0 spiro atoms. The summed E-state index contributed by atoms with van der Waals surface area (Å²) in [5.41, 5.74) is 0. The molecule has 27 heavy (non-hydrogen) atoms. The Balaban J connectivity index is 0.00000364. The number of nitrogens with one attached hydrogen (secondary N) is 2. The summed E-state index contributed by atoms with van der Waals surface area (Å²) in [6.45, 7) is 5.81. The molecule has 2 unspecified atom stereocenters. The van der Waals surface area contributed by atoms with Crippen molar-refractivity contribution in [3.8, 4) is 0 Å². The van der Waals surface area contributed by atoms with Crippen LogP contribution < -0.4 is 10.6 Å². The lowest BCUT2D eigenvalue weighted by Gasteiger charge is -2.22. The molecule has 0 aliphatic heterocycles. The first-order chi connectivity index (χ1) is 12.4. The highest BCUT2D eigenvalue weighted by atomic mass is 127. The van der Waals surface area contributed by atoms with E-state index in [-0.39, 0.29) is 41.8 Å². The Morgan fingerprint density at radius 1 is 1.15 bits per heavy atom. The molecule has 2 atom stereocenters. The van der Waals surface area contributed by atoms with E-state index in [1.165, 1.54) is 0 Å². The summed E-state index contributed by atoms with van der Waals surface area (Å²) >= 11 is 0. The van der Waals surface area contributed by atoms with Gasteiger partial charge in [0.25, 0.3) is 0 Å². The first-order valence-corrected chi connectivity index (χ1v) is 10.3. The number of nitrogens with zero attached hydrogens (tertiary/aromatic N) is 1. The van der Waals surface area contributed by atoms with Gasteiger partial charge in [-0.25, -0.2) is 8.42 Å². The van der Waals surface area contributed by atoms with E-state index in [1.807, 2.05) is 32.9 Å². The van der Waals surface area contributed by atoms with Gasteiger partial charge in [0, 0.05) is 13.1 Å². The predicted octanol–water partition coefficient (Wildman–Crippen LogP) is 3.68. The third-order valence-electron chi connectivity index (χ3n) is 4.12. The van der Waals surface area contributed by atoms with E-state index >= 15 is 0 Å². The zero-order valence-corrected chi connectivity index (χ0v) is 19.2. The molecule has 0 fully saturated rings. The lowest BCUT2D eigenvalue weighted by atomic mass is 10.2. The average molecular weight is 505 g/mol. The minimum atomic E-state index is -3.37. The van der Waals surface area contributed by atoms with Crippen molar-refractivity contribution in [1.82, 2.24) is 10.6 Å². The van der Waals surface area contributed by atoms with Gasteiger partial charge < -0.3 is 15.1 Å². The summed E-state index contributed by atoms with van der Waals surface area (Å²) in [7, 11) is -1.71. The van der Waals surface area contributed by atoms with Gasteiger partial charge in [0.2, 0.25) is 0 Å². The molecule has 150 valence electrons. The summed E-state index contributed by atoms with van der Waals surface area (Å²) in [6.07, 6.45) is 0.654. The van der Waals surface area contributed by atoms with Crippen molar-refractivity contribution in [3.63, 3.8) is 0 Å². The molecule has 0 aliphatic carbocycles. The largest absolute Gasteiger partial charge is 0.464 e. The van der Waals surface area contributed by atoms with Crippen molar-refractivity contribution in [2.24, 2.45) is 4.99 Å². The highest BCUT2D eigenvalue weighted by Crippen LogP contribution is 2.16. The van der Waals surface area contributed by atoms with E-state index in [0.717, 1.165) is 11.5 Å². The van der Waals surface area contributed by atoms with Crippen LogP contribution in [0.1, 0.15) is 37.8 Å². The standard InChI is InChI=1S/C19H27N3O3S.HI/c1-5-16(13-26(23,24)17-9-7-6-8-10-17)22-19(20-4)21-15(3)18-12-11-14(2)25-18;/h6-12,15-16H,5,13H2,1-4H3,(H2,20,21,22);1H. The van der Waals surface area contributed by atoms with Crippen LogP contribution in [0.2, 0.25) is 0 Å². The molecule has 2 aromatic rings. The number of aryl methyl sites for hydroxylation is 1. The summed E-state index contributed by atoms with van der Waals surface area (Å²) in [5.74, 6) is 2.19. The second-order valence-electron chi connectivity index (χ2n) is 6.23. The zero-order valence-electron chi connectivity index (χ0n) is 16.1. The molecule has 0 radical (unpaired) electrons. The van der Waals surface area contributed by atoms with E-state index in [2.05, 4.69) is 15.6 Å². The maximum absolute atomic E-state index is 12.6. The Morgan fingerprint density at radius 3 is 2.33 bits per heavy atom. The van der Waals surface area contributed by atoms with Crippen LogP contribution in [-0.2, 0) is 9.84 Å². The van der Waals surface area contributed by atoms with Gasteiger partial charge in [0.15, 0.2) is 15.8 Å². The SMILES string of the molecule is CCC(CS(=O)(=O)c1ccccc1)NC(=NC)NC(C)c1ccc(C)o1.I. The lowest BCUT2D eigenvalue weighted by molar-refractivity contribution is 0.439. The predicted molar refractivity (Wildman–Crippen MR) is 119 cm³/mol. The summed E-state index contributed by atoms with van der Waals surface area (Å²) in [6, 6.07) is 12.0. The summed E-state index contributed by atoms with van der Waals surface area (Å²) in [4.78, 5) is 4.54. The van der Waals surface area contributed by atoms with E-state index in [4.69, 9.17) is 4.42 Å². The number of hydrogen-bond acceptors (Lipinski definition) is 4.